The Kier molecular flexibility index (Phi) is 3.47. The summed E-state index contributed by atoms with van der Waals surface area (Å²) < 4.78 is 1.03. The van der Waals surface area contributed by atoms with Gasteiger partial charge in [-0.3, -0.25) is 4.79 Å². The molecule has 0 saturated heterocycles. The summed E-state index contributed by atoms with van der Waals surface area (Å²) in [7, 11) is 0. The lowest BCUT2D eigenvalue weighted by molar-refractivity contribution is 0.102. The van der Waals surface area contributed by atoms with Crippen molar-refractivity contribution in [1.29, 1.82) is 0 Å². The number of rotatable bonds is 2. The van der Waals surface area contributed by atoms with Crippen LogP contribution in [0.4, 0.5) is 5.69 Å². The van der Waals surface area contributed by atoms with Crippen molar-refractivity contribution in [3.05, 3.63) is 58.1 Å². The van der Waals surface area contributed by atoms with Gasteiger partial charge in [0, 0.05) is 5.69 Å². The highest BCUT2D eigenvalue weighted by atomic mass is 32.1. The molecule has 2 aromatic carbocycles. The maximum absolute atomic E-state index is 12.6. The normalized spacial score (nSPS) is 10.8. The van der Waals surface area contributed by atoms with Crippen molar-refractivity contribution < 1.29 is 4.79 Å². The summed E-state index contributed by atoms with van der Waals surface area (Å²) in [5.74, 6) is -0.110. The third-order valence-corrected chi connectivity index (χ3v) is 4.31. The number of fused-ring (bicyclic) bond motifs is 1. The lowest BCUT2D eigenvalue weighted by Gasteiger charge is -2.13. The molecular formula is C17H16N2OS. The van der Waals surface area contributed by atoms with Crippen molar-refractivity contribution in [1.82, 2.24) is 4.98 Å². The van der Waals surface area contributed by atoms with Gasteiger partial charge in [0.2, 0.25) is 0 Å². The second kappa shape index (κ2) is 5.30. The zero-order chi connectivity index (χ0) is 15.0. The molecule has 0 fully saturated rings. The van der Waals surface area contributed by atoms with Gasteiger partial charge in [-0.15, -0.1) is 11.3 Å². The van der Waals surface area contributed by atoms with Crippen LogP contribution in [0.3, 0.4) is 0 Å². The second-order valence-corrected chi connectivity index (χ2v) is 6.12. The van der Waals surface area contributed by atoms with Gasteiger partial charge in [0.05, 0.1) is 21.3 Å². The molecule has 0 aliphatic rings. The molecule has 3 nitrogen and oxygen atoms in total. The van der Waals surface area contributed by atoms with Gasteiger partial charge in [-0.25, -0.2) is 4.98 Å². The van der Waals surface area contributed by atoms with Gasteiger partial charge in [0.15, 0.2) is 0 Å². The number of nitrogens with zero attached hydrogens (tertiary/aromatic N) is 1. The van der Waals surface area contributed by atoms with E-state index < -0.39 is 0 Å². The molecule has 1 amide bonds. The summed E-state index contributed by atoms with van der Waals surface area (Å²) in [6.45, 7) is 6.08. The lowest BCUT2D eigenvalue weighted by Crippen LogP contribution is -2.14. The first-order valence-electron chi connectivity index (χ1n) is 6.77. The molecule has 106 valence electrons. The molecule has 3 rings (SSSR count). The zero-order valence-corrected chi connectivity index (χ0v) is 13.0. The zero-order valence-electron chi connectivity index (χ0n) is 12.2. The van der Waals surface area contributed by atoms with Crippen LogP contribution in [-0.4, -0.2) is 10.9 Å². The number of anilines is 1. The molecule has 1 heterocycles. The molecule has 0 atom stereocenters. The molecule has 1 aromatic heterocycles. The molecular weight excluding hydrogens is 280 g/mol. The SMILES string of the molecule is Cc1cc(C)c(NC(=O)c2cccc3scnc23)c(C)c1. The van der Waals surface area contributed by atoms with Gasteiger partial charge >= 0.3 is 0 Å². The minimum atomic E-state index is -0.110. The van der Waals surface area contributed by atoms with Crippen LogP contribution in [0.1, 0.15) is 27.0 Å². The van der Waals surface area contributed by atoms with Gasteiger partial charge in [0.25, 0.3) is 5.91 Å². The molecule has 0 unspecified atom stereocenters. The van der Waals surface area contributed by atoms with E-state index in [0.717, 1.165) is 27.0 Å². The van der Waals surface area contributed by atoms with E-state index in [1.807, 2.05) is 32.0 Å². The molecule has 0 aliphatic heterocycles. The van der Waals surface area contributed by atoms with E-state index in [2.05, 4.69) is 29.4 Å². The lowest BCUT2D eigenvalue weighted by atomic mass is 10.0. The third-order valence-electron chi connectivity index (χ3n) is 3.52. The largest absolute Gasteiger partial charge is 0.321 e. The monoisotopic (exact) mass is 296 g/mol. The molecule has 0 bridgehead atoms. The Hall–Kier alpha value is -2.20. The number of amides is 1. The molecule has 0 radical (unpaired) electrons. The predicted octanol–water partition coefficient (Wildman–Crippen LogP) is 4.47. The molecule has 0 saturated carbocycles. The summed E-state index contributed by atoms with van der Waals surface area (Å²) in [5.41, 5.74) is 7.39. The number of hydrogen-bond donors (Lipinski definition) is 1. The first-order valence-corrected chi connectivity index (χ1v) is 7.65. The fraction of sp³-hybridized carbons (Fsp3) is 0.176. The predicted molar refractivity (Wildman–Crippen MR) is 88.2 cm³/mol. The van der Waals surface area contributed by atoms with Gasteiger partial charge in [-0.05, 0) is 44.0 Å². The molecule has 21 heavy (non-hydrogen) atoms. The molecule has 0 spiro atoms. The van der Waals surface area contributed by atoms with Gasteiger partial charge < -0.3 is 5.32 Å². The van der Waals surface area contributed by atoms with Gasteiger partial charge in [-0.2, -0.15) is 0 Å². The van der Waals surface area contributed by atoms with Crippen molar-refractivity contribution in [2.24, 2.45) is 0 Å². The van der Waals surface area contributed by atoms with E-state index in [-0.39, 0.29) is 5.91 Å². The number of nitrogens with one attached hydrogen (secondary N) is 1. The first-order chi connectivity index (χ1) is 10.1. The first kappa shape index (κ1) is 13.8. The van der Waals surface area contributed by atoms with Crippen LogP contribution in [0.2, 0.25) is 0 Å². The summed E-state index contributed by atoms with van der Waals surface area (Å²) in [6.07, 6.45) is 0. The minimum Gasteiger partial charge on any atom is -0.321 e. The maximum atomic E-state index is 12.6. The standard InChI is InChI=1S/C17H16N2OS/c1-10-7-11(2)15(12(3)8-10)19-17(20)13-5-4-6-14-16(13)18-9-21-14/h4-9H,1-3H3,(H,19,20). The fourth-order valence-corrected chi connectivity index (χ4v) is 3.33. The maximum Gasteiger partial charge on any atom is 0.257 e. The summed E-state index contributed by atoms with van der Waals surface area (Å²) in [6, 6.07) is 9.84. The smallest absolute Gasteiger partial charge is 0.257 e. The Bertz CT molecular complexity index is 813. The van der Waals surface area contributed by atoms with Crippen LogP contribution >= 0.6 is 11.3 Å². The van der Waals surface area contributed by atoms with E-state index >= 15 is 0 Å². The van der Waals surface area contributed by atoms with Gasteiger partial charge in [0.1, 0.15) is 0 Å². The Labute approximate surface area is 127 Å². The van der Waals surface area contributed by atoms with E-state index in [4.69, 9.17) is 0 Å². The summed E-state index contributed by atoms with van der Waals surface area (Å²) >= 11 is 1.54. The Morgan fingerprint density at radius 1 is 1.14 bits per heavy atom. The highest BCUT2D eigenvalue weighted by molar-refractivity contribution is 7.16. The van der Waals surface area contributed by atoms with Gasteiger partial charge in [-0.1, -0.05) is 23.8 Å². The average molecular weight is 296 g/mol. The Balaban J connectivity index is 1.99. The van der Waals surface area contributed by atoms with E-state index in [9.17, 15) is 4.79 Å². The number of carbonyl (C=O) groups excluding carboxylic acids is 1. The van der Waals surface area contributed by atoms with Crippen LogP contribution in [-0.2, 0) is 0 Å². The summed E-state index contributed by atoms with van der Waals surface area (Å²) in [5, 5.41) is 3.03. The molecule has 1 N–H and O–H groups in total. The van der Waals surface area contributed by atoms with Crippen molar-refractivity contribution >= 4 is 33.1 Å². The number of para-hydroxylation sites is 1. The number of aryl methyl sites for hydroxylation is 3. The number of carbonyl (C=O) groups is 1. The van der Waals surface area contributed by atoms with Crippen LogP contribution in [0.25, 0.3) is 10.2 Å². The third kappa shape index (κ3) is 2.54. The number of aromatic nitrogens is 1. The molecule has 0 aliphatic carbocycles. The van der Waals surface area contributed by atoms with Crippen LogP contribution < -0.4 is 5.32 Å². The fourth-order valence-electron chi connectivity index (χ4n) is 2.63. The highest BCUT2D eigenvalue weighted by Gasteiger charge is 2.14. The quantitative estimate of drug-likeness (QED) is 0.758. The van der Waals surface area contributed by atoms with Crippen molar-refractivity contribution in [2.75, 3.05) is 5.32 Å². The van der Waals surface area contributed by atoms with Crippen LogP contribution in [0.15, 0.2) is 35.8 Å². The Morgan fingerprint density at radius 3 is 2.57 bits per heavy atom. The minimum absolute atomic E-state index is 0.110. The van der Waals surface area contributed by atoms with E-state index in [0.29, 0.717) is 5.56 Å². The molecule has 3 aromatic rings. The van der Waals surface area contributed by atoms with Crippen molar-refractivity contribution in [2.45, 2.75) is 20.8 Å². The summed E-state index contributed by atoms with van der Waals surface area (Å²) in [4.78, 5) is 16.9. The second-order valence-electron chi connectivity index (χ2n) is 5.23. The highest BCUT2D eigenvalue weighted by Crippen LogP contribution is 2.25. The van der Waals surface area contributed by atoms with Crippen LogP contribution in [0.5, 0.6) is 0 Å². The number of hydrogen-bond acceptors (Lipinski definition) is 3. The number of thiazole rings is 1. The Morgan fingerprint density at radius 2 is 1.86 bits per heavy atom. The number of benzene rings is 2. The van der Waals surface area contributed by atoms with Crippen LogP contribution in [0, 0.1) is 20.8 Å². The molecule has 4 heteroatoms. The van der Waals surface area contributed by atoms with Crippen molar-refractivity contribution in [3.8, 4) is 0 Å². The average Bonchev–Trinajstić information content (AvgIpc) is 2.90. The topological polar surface area (TPSA) is 42.0 Å². The van der Waals surface area contributed by atoms with Crippen molar-refractivity contribution in [3.63, 3.8) is 0 Å². The van der Waals surface area contributed by atoms with E-state index in [1.165, 1.54) is 5.56 Å². The van der Waals surface area contributed by atoms with E-state index in [1.54, 1.807) is 16.8 Å².